The number of carboxylic acid groups (broad SMARTS) is 1. The van der Waals surface area contributed by atoms with Gasteiger partial charge < -0.3 is 20.8 Å². The molecular weight excluding hydrogens is 342 g/mol. The fourth-order valence-corrected chi connectivity index (χ4v) is 3.29. The summed E-state index contributed by atoms with van der Waals surface area (Å²) in [6.07, 6.45) is 1.63. The third-order valence-corrected chi connectivity index (χ3v) is 5.17. The standard InChI is InChI=1S/C21H23N3O3/c22-11-16-3-1-15(2-4-16)5-8-18(21(27)13-23-14-21)12-24-19-9-6-17(7-10-19)20(25)26/h1-4,6-7,9-10,18,23-24,27H,5,8,12-14H2,(H,25,26). The van der Waals surface area contributed by atoms with Crippen molar-refractivity contribution in [2.75, 3.05) is 25.0 Å². The molecule has 0 aliphatic carbocycles. The van der Waals surface area contributed by atoms with E-state index in [9.17, 15) is 9.90 Å². The smallest absolute Gasteiger partial charge is 0.335 e. The maximum absolute atomic E-state index is 10.9. The van der Waals surface area contributed by atoms with Gasteiger partial charge in [0.1, 0.15) is 0 Å². The number of β-amino-alcohol motifs (C(OH)–C–C–N with tert-alkyl or cyclic N) is 1. The van der Waals surface area contributed by atoms with E-state index in [2.05, 4.69) is 16.7 Å². The Kier molecular flexibility index (Phi) is 5.75. The number of nitrogens with one attached hydrogen (secondary N) is 2. The number of carbonyl (C=O) groups is 1. The van der Waals surface area contributed by atoms with E-state index in [1.54, 1.807) is 24.3 Å². The third-order valence-electron chi connectivity index (χ3n) is 5.17. The first-order chi connectivity index (χ1) is 13.0. The minimum absolute atomic E-state index is 0.0496. The van der Waals surface area contributed by atoms with Crippen LogP contribution in [0.25, 0.3) is 0 Å². The molecule has 4 N–H and O–H groups in total. The first-order valence-corrected chi connectivity index (χ1v) is 8.99. The third kappa shape index (κ3) is 4.64. The van der Waals surface area contributed by atoms with Crippen LogP contribution in [0, 0.1) is 17.2 Å². The van der Waals surface area contributed by atoms with Crippen molar-refractivity contribution in [3.05, 3.63) is 65.2 Å². The lowest BCUT2D eigenvalue weighted by molar-refractivity contribution is -0.0597. The van der Waals surface area contributed by atoms with Crippen molar-refractivity contribution >= 4 is 11.7 Å². The summed E-state index contributed by atoms with van der Waals surface area (Å²) >= 11 is 0. The van der Waals surface area contributed by atoms with E-state index in [1.807, 2.05) is 24.3 Å². The summed E-state index contributed by atoms with van der Waals surface area (Å²) in [5.41, 5.74) is 2.13. The number of anilines is 1. The minimum atomic E-state index is -0.948. The fourth-order valence-electron chi connectivity index (χ4n) is 3.29. The van der Waals surface area contributed by atoms with Crippen LogP contribution in [0.15, 0.2) is 48.5 Å². The normalized spacial score (nSPS) is 16.0. The molecule has 1 fully saturated rings. The van der Waals surface area contributed by atoms with E-state index in [4.69, 9.17) is 10.4 Å². The summed E-state index contributed by atoms with van der Waals surface area (Å²) in [6.45, 7) is 1.75. The molecule has 6 heteroatoms. The van der Waals surface area contributed by atoms with Crippen molar-refractivity contribution in [3.8, 4) is 6.07 Å². The molecular formula is C21H23N3O3. The maximum atomic E-state index is 10.9. The van der Waals surface area contributed by atoms with Crippen LogP contribution in [-0.2, 0) is 6.42 Å². The lowest BCUT2D eigenvalue weighted by Gasteiger charge is -2.44. The Hall–Kier alpha value is -2.88. The molecule has 1 atom stereocenters. The molecule has 1 aliphatic heterocycles. The van der Waals surface area contributed by atoms with Crippen molar-refractivity contribution in [2.45, 2.75) is 18.4 Å². The zero-order valence-electron chi connectivity index (χ0n) is 15.0. The molecule has 0 spiro atoms. The molecule has 27 heavy (non-hydrogen) atoms. The molecule has 0 bridgehead atoms. The molecule has 0 amide bonds. The summed E-state index contributed by atoms with van der Waals surface area (Å²) in [6, 6.07) is 16.3. The van der Waals surface area contributed by atoms with E-state index in [-0.39, 0.29) is 11.5 Å². The fraction of sp³-hybridized carbons (Fsp3) is 0.333. The number of benzene rings is 2. The molecule has 0 radical (unpaired) electrons. The average Bonchev–Trinajstić information content (AvgIpc) is 2.67. The van der Waals surface area contributed by atoms with Crippen molar-refractivity contribution in [1.29, 1.82) is 5.26 Å². The lowest BCUT2D eigenvalue weighted by Crippen LogP contribution is -2.64. The largest absolute Gasteiger partial charge is 0.478 e. The van der Waals surface area contributed by atoms with Gasteiger partial charge in [0.2, 0.25) is 0 Å². The van der Waals surface area contributed by atoms with Crippen LogP contribution in [0.3, 0.4) is 0 Å². The number of aromatic carboxylic acids is 1. The minimum Gasteiger partial charge on any atom is -0.478 e. The van der Waals surface area contributed by atoms with E-state index in [0.717, 1.165) is 24.1 Å². The number of hydrogen-bond acceptors (Lipinski definition) is 5. The molecule has 1 unspecified atom stereocenters. The number of nitrogens with zero attached hydrogens (tertiary/aromatic N) is 1. The van der Waals surface area contributed by atoms with Gasteiger partial charge in [0.15, 0.2) is 0 Å². The Morgan fingerprint density at radius 2 is 1.85 bits per heavy atom. The lowest BCUT2D eigenvalue weighted by atomic mass is 9.79. The number of carboxylic acids is 1. The van der Waals surface area contributed by atoms with Crippen molar-refractivity contribution in [1.82, 2.24) is 5.32 Å². The van der Waals surface area contributed by atoms with Crippen LogP contribution in [0.2, 0.25) is 0 Å². The zero-order chi connectivity index (χ0) is 19.3. The number of aliphatic hydroxyl groups is 1. The quantitative estimate of drug-likeness (QED) is 0.572. The highest BCUT2D eigenvalue weighted by atomic mass is 16.4. The summed E-state index contributed by atoms with van der Waals surface area (Å²) in [7, 11) is 0. The van der Waals surface area contributed by atoms with Crippen LogP contribution in [-0.4, -0.2) is 41.4 Å². The molecule has 1 heterocycles. The summed E-state index contributed by atoms with van der Waals surface area (Å²) in [5.74, 6) is -0.898. The first kappa shape index (κ1) is 18.9. The Morgan fingerprint density at radius 1 is 1.19 bits per heavy atom. The van der Waals surface area contributed by atoms with E-state index >= 15 is 0 Å². The molecule has 140 valence electrons. The molecule has 3 rings (SSSR count). The van der Waals surface area contributed by atoms with Gasteiger partial charge >= 0.3 is 5.97 Å². The van der Waals surface area contributed by atoms with Gasteiger partial charge in [0.25, 0.3) is 0 Å². The van der Waals surface area contributed by atoms with E-state index in [1.165, 1.54) is 0 Å². The van der Waals surface area contributed by atoms with Crippen LogP contribution in [0.4, 0.5) is 5.69 Å². The number of rotatable bonds is 8. The van der Waals surface area contributed by atoms with Crippen LogP contribution in [0.1, 0.15) is 27.9 Å². The Morgan fingerprint density at radius 3 is 2.37 bits per heavy atom. The van der Waals surface area contributed by atoms with Crippen molar-refractivity contribution in [2.24, 2.45) is 5.92 Å². The highest BCUT2D eigenvalue weighted by Crippen LogP contribution is 2.27. The predicted molar refractivity (Wildman–Crippen MR) is 103 cm³/mol. The molecule has 0 saturated carbocycles. The molecule has 6 nitrogen and oxygen atoms in total. The van der Waals surface area contributed by atoms with Gasteiger partial charge in [-0.25, -0.2) is 4.79 Å². The summed E-state index contributed by atoms with van der Waals surface area (Å²) in [5, 5.41) is 35.1. The van der Waals surface area contributed by atoms with E-state index in [0.29, 0.717) is 25.2 Å². The monoisotopic (exact) mass is 365 g/mol. The highest BCUT2D eigenvalue weighted by molar-refractivity contribution is 5.87. The highest BCUT2D eigenvalue weighted by Gasteiger charge is 2.41. The molecule has 2 aromatic carbocycles. The van der Waals surface area contributed by atoms with Crippen molar-refractivity contribution in [3.63, 3.8) is 0 Å². The van der Waals surface area contributed by atoms with Gasteiger partial charge in [0.05, 0.1) is 22.8 Å². The van der Waals surface area contributed by atoms with Gasteiger partial charge in [-0.15, -0.1) is 0 Å². The summed E-state index contributed by atoms with van der Waals surface area (Å²) in [4.78, 5) is 10.9. The second kappa shape index (κ2) is 8.21. The topological polar surface area (TPSA) is 105 Å². The van der Waals surface area contributed by atoms with Gasteiger partial charge in [-0.05, 0) is 54.8 Å². The first-order valence-electron chi connectivity index (χ1n) is 8.99. The molecule has 2 aromatic rings. The molecule has 1 saturated heterocycles. The average molecular weight is 365 g/mol. The van der Waals surface area contributed by atoms with Crippen LogP contribution in [0.5, 0.6) is 0 Å². The second-order valence-corrected chi connectivity index (χ2v) is 7.01. The SMILES string of the molecule is N#Cc1ccc(CCC(CNc2ccc(C(=O)O)cc2)C2(O)CNC2)cc1. The van der Waals surface area contributed by atoms with Gasteiger partial charge in [0, 0.05) is 31.2 Å². The van der Waals surface area contributed by atoms with Crippen LogP contribution < -0.4 is 10.6 Å². The Labute approximate surface area is 158 Å². The van der Waals surface area contributed by atoms with Gasteiger partial charge in [-0.1, -0.05) is 12.1 Å². The number of aryl methyl sites for hydroxylation is 1. The molecule has 1 aliphatic rings. The maximum Gasteiger partial charge on any atom is 0.335 e. The van der Waals surface area contributed by atoms with Gasteiger partial charge in [-0.3, -0.25) is 0 Å². The Balaban J connectivity index is 1.61. The van der Waals surface area contributed by atoms with Gasteiger partial charge in [-0.2, -0.15) is 5.26 Å². The van der Waals surface area contributed by atoms with E-state index < -0.39 is 11.6 Å². The molecule has 0 aromatic heterocycles. The van der Waals surface area contributed by atoms with Crippen LogP contribution >= 0.6 is 0 Å². The number of nitriles is 1. The predicted octanol–water partition coefficient (Wildman–Crippen LogP) is 2.25. The number of hydrogen-bond donors (Lipinski definition) is 4. The summed E-state index contributed by atoms with van der Waals surface area (Å²) < 4.78 is 0. The zero-order valence-corrected chi connectivity index (χ0v) is 15.0. The second-order valence-electron chi connectivity index (χ2n) is 7.01. The Bertz CT molecular complexity index is 821. The van der Waals surface area contributed by atoms with Crippen molar-refractivity contribution < 1.29 is 15.0 Å².